The normalized spacial score (nSPS) is 17.5. The summed E-state index contributed by atoms with van der Waals surface area (Å²) in [6.45, 7) is 5.56. The molecule has 0 unspecified atom stereocenters. The molecule has 0 aliphatic carbocycles. The van der Waals surface area contributed by atoms with Gasteiger partial charge in [0.2, 0.25) is 10.0 Å². The molecule has 2 aliphatic heterocycles. The van der Waals surface area contributed by atoms with Crippen molar-refractivity contribution in [3.05, 3.63) is 47.5 Å². The van der Waals surface area contributed by atoms with Crippen LogP contribution in [0.5, 0.6) is 0 Å². The van der Waals surface area contributed by atoms with Crippen molar-refractivity contribution in [2.45, 2.75) is 38.2 Å². The lowest BCUT2D eigenvalue weighted by atomic mass is 9.90. The summed E-state index contributed by atoms with van der Waals surface area (Å²) >= 11 is 0. The van der Waals surface area contributed by atoms with Crippen LogP contribution in [0.3, 0.4) is 0 Å². The number of carbonyl (C=O) groups is 2. The van der Waals surface area contributed by atoms with Gasteiger partial charge in [0, 0.05) is 33.0 Å². The average molecular weight is 545 g/mol. The lowest BCUT2D eigenvalue weighted by Crippen LogP contribution is -2.47. The largest absolute Gasteiger partial charge is 0.441 e. The first-order valence-corrected chi connectivity index (χ1v) is 14.2. The smallest absolute Gasteiger partial charge is 0.410 e. The summed E-state index contributed by atoms with van der Waals surface area (Å²) in [4.78, 5) is 33.2. The third-order valence-corrected chi connectivity index (χ3v) is 7.49. The topological polar surface area (TPSA) is 127 Å². The first-order valence-electron chi connectivity index (χ1n) is 12.3. The molecule has 202 valence electrons. The molecule has 4 heterocycles. The lowest BCUT2D eigenvalue weighted by Gasteiger charge is -2.38. The molecule has 11 nitrogen and oxygen atoms in total. The number of sulfonamides is 1. The van der Waals surface area contributed by atoms with Crippen LogP contribution in [-0.4, -0.2) is 78.6 Å². The molecule has 2 saturated heterocycles. The highest BCUT2D eigenvalue weighted by Crippen LogP contribution is 2.39. The molecule has 2 aliphatic rings. The maximum absolute atomic E-state index is 13.7. The van der Waals surface area contributed by atoms with Gasteiger partial charge < -0.3 is 14.5 Å². The zero-order valence-corrected chi connectivity index (χ0v) is 22.4. The maximum Gasteiger partial charge on any atom is 0.410 e. The van der Waals surface area contributed by atoms with Crippen molar-refractivity contribution in [1.29, 1.82) is 0 Å². The number of amides is 2. The Morgan fingerprint density at radius 1 is 1.18 bits per heavy atom. The van der Waals surface area contributed by atoms with Crippen LogP contribution >= 0.6 is 0 Å². The van der Waals surface area contributed by atoms with E-state index < -0.39 is 27.3 Å². The molecular formula is C25H29FN6O5S. The SMILES string of the molecule is CC(C)c1nn(-c2ccc(F)cc2)c2nc(C(=O)NS(C)(=O)=O)cc(N3CCC4(CC3)CN(C)C(=O)O4)c12. The molecule has 0 bridgehead atoms. The van der Waals surface area contributed by atoms with Crippen molar-refractivity contribution in [2.24, 2.45) is 0 Å². The number of hydrogen-bond acceptors (Lipinski definition) is 8. The number of hydrogen-bond donors (Lipinski definition) is 1. The molecule has 5 rings (SSSR count). The van der Waals surface area contributed by atoms with Gasteiger partial charge in [-0.1, -0.05) is 13.8 Å². The molecule has 0 atom stereocenters. The highest BCUT2D eigenvalue weighted by Gasteiger charge is 2.46. The van der Waals surface area contributed by atoms with Gasteiger partial charge in [-0.05, 0) is 36.2 Å². The number of fused-ring (bicyclic) bond motifs is 1. The number of nitrogens with one attached hydrogen (secondary N) is 1. The van der Waals surface area contributed by atoms with Gasteiger partial charge in [0.25, 0.3) is 5.91 Å². The van der Waals surface area contributed by atoms with Crippen molar-refractivity contribution in [2.75, 3.05) is 37.8 Å². The molecule has 3 aromatic rings. The Morgan fingerprint density at radius 2 is 1.84 bits per heavy atom. The Bertz CT molecular complexity index is 1530. The van der Waals surface area contributed by atoms with Crippen LogP contribution in [0.1, 0.15) is 48.8 Å². The highest BCUT2D eigenvalue weighted by atomic mass is 32.2. The van der Waals surface area contributed by atoms with Crippen LogP contribution < -0.4 is 9.62 Å². The van der Waals surface area contributed by atoms with Crippen molar-refractivity contribution in [1.82, 2.24) is 24.4 Å². The second-order valence-electron chi connectivity index (χ2n) is 10.3. The molecule has 0 saturated carbocycles. The molecule has 1 spiro atoms. The van der Waals surface area contributed by atoms with Crippen molar-refractivity contribution in [3.8, 4) is 5.69 Å². The second-order valence-corrected chi connectivity index (χ2v) is 12.0. The summed E-state index contributed by atoms with van der Waals surface area (Å²) in [5.74, 6) is -1.29. The number of halogens is 1. The molecule has 2 amide bonds. The lowest BCUT2D eigenvalue weighted by molar-refractivity contribution is 0.0367. The van der Waals surface area contributed by atoms with Gasteiger partial charge >= 0.3 is 6.09 Å². The number of piperidine rings is 1. The number of nitrogens with zero attached hydrogens (tertiary/aromatic N) is 5. The predicted molar refractivity (Wildman–Crippen MR) is 139 cm³/mol. The van der Waals surface area contributed by atoms with Crippen LogP contribution in [0.2, 0.25) is 0 Å². The zero-order valence-electron chi connectivity index (χ0n) is 21.6. The van der Waals surface area contributed by atoms with E-state index in [2.05, 4.69) is 9.88 Å². The van der Waals surface area contributed by atoms with Gasteiger partial charge in [-0.15, -0.1) is 0 Å². The van der Waals surface area contributed by atoms with Crippen molar-refractivity contribution in [3.63, 3.8) is 0 Å². The van der Waals surface area contributed by atoms with Crippen LogP contribution in [0.4, 0.5) is 14.9 Å². The number of pyridine rings is 1. The summed E-state index contributed by atoms with van der Waals surface area (Å²) in [5.41, 5.74) is 1.64. The van der Waals surface area contributed by atoms with Crippen LogP contribution in [-0.2, 0) is 14.8 Å². The summed E-state index contributed by atoms with van der Waals surface area (Å²) in [6, 6.07) is 7.32. The third-order valence-electron chi connectivity index (χ3n) is 6.93. The molecule has 1 N–H and O–H groups in total. The molecule has 1 aromatic carbocycles. The number of aromatic nitrogens is 3. The third kappa shape index (κ3) is 4.77. The van der Waals surface area contributed by atoms with E-state index in [0.717, 1.165) is 17.3 Å². The second kappa shape index (κ2) is 9.22. The quantitative estimate of drug-likeness (QED) is 0.520. The molecule has 0 radical (unpaired) electrons. The fraction of sp³-hybridized carbons (Fsp3) is 0.440. The monoisotopic (exact) mass is 544 g/mol. The first kappa shape index (κ1) is 25.9. The van der Waals surface area contributed by atoms with E-state index in [1.54, 1.807) is 34.8 Å². The number of rotatable bonds is 5. The van der Waals surface area contributed by atoms with Crippen molar-refractivity contribution < 1.29 is 27.1 Å². The molecule has 13 heteroatoms. The minimum atomic E-state index is -3.83. The van der Waals surface area contributed by atoms with Gasteiger partial charge in [-0.2, -0.15) is 5.10 Å². The number of likely N-dealkylation sites (N-methyl/N-ethyl adjacent to an activating group) is 1. The molecular weight excluding hydrogens is 515 g/mol. The van der Waals surface area contributed by atoms with E-state index in [9.17, 15) is 22.4 Å². The number of anilines is 1. The van der Waals surface area contributed by atoms with Gasteiger partial charge in [0.1, 0.15) is 17.1 Å². The molecule has 38 heavy (non-hydrogen) atoms. The van der Waals surface area contributed by atoms with Gasteiger partial charge in [0.15, 0.2) is 5.65 Å². The Morgan fingerprint density at radius 3 is 2.39 bits per heavy atom. The summed E-state index contributed by atoms with van der Waals surface area (Å²) < 4.78 is 46.5. The Balaban J connectivity index is 1.65. The fourth-order valence-corrected chi connectivity index (χ4v) is 5.52. The number of carbonyl (C=O) groups excluding carboxylic acids is 2. The van der Waals surface area contributed by atoms with E-state index >= 15 is 0 Å². The first-order chi connectivity index (χ1) is 17.9. The van der Waals surface area contributed by atoms with E-state index in [-0.39, 0.29) is 17.7 Å². The van der Waals surface area contributed by atoms with Crippen molar-refractivity contribution >= 4 is 38.7 Å². The maximum atomic E-state index is 13.7. The van der Waals surface area contributed by atoms with E-state index in [1.165, 1.54) is 12.1 Å². The van der Waals surface area contributed by atoms with E-state index in [0.29, 0.717) is 49.5 Å². The Hall–Kier alpha value is -3.74. The number of benzene rings is 1. The fourth-order valence-electron chi connectivity index (χ4n) is 5.08. The highest BCUT2D eigenvalue weighted by molar-refractivity contribution is 7.89. The van der Waals surface area contributed by atoms with Gasteiger partial charge in [-0.3, -0.25) is 4.79 Å². The van der Waals surface area contributed by atoms with Crippen LogP contribution in [0.25, 0.3) is 16.7 Å². The Labute approximate surface area is 219 Å². The molecule has 2 aromatic heterocycles. The molecule has 2 fully saturated rings. The minimum absolute atomic E-state index is 0.0176. The minimum Gasteiger partial charge on any atom is -0.441 e. The zero-order chi connectivity index (χ0) is 27.4. The standard InChI is InChI=1S/C25H29FN6O5S/c1-15(2)21-20-19(31-11-9-25(10-12-31)14-30(3)24(34)37-25)13-18(23(33)29-38(4,35)36)27-22(20)32(28-21)17-7-5-16(26)6-8-17/h5-8,13,15H,9-12,14H2,1-4H3,(H,29,33). The van der Waals surface area contributed by atoms with E-state index in [4.69, 9.17) is 9.84 Å². The summed E-state index contributed by atoms with van der Waals surface area (Å²) in [6.07, 6.45) is 1.72. The summed E-state index contributed by atoms with van der Waals surface area (Å²) in [5, 5.41) is 5.51. The van der Waals surface area contributed by atoms with Crippen LogP contribution in [0.15, 0.2) is 30.3 Å². The predicted octanol–water partition coefficient (Wildman–Crippen LogP) is 2.79. The summed E-state index contributed by atoms with van der Waals surface area (Å²) in [7, 11) is -2.12. The van der Waals surface area contributed by atoms with Gasteiger partial charge in [-0.25, -0.2) is 32.0 Å². The Kier molecular flexibility index (Phi) is 6.28. The van der Waals surface area contributed by atoms with Crippen LogP contribution in [0, 0.1) is 5.82 Å². The number of ether oxygens (including phenoxy) is 1. The average Bonchev–Trinajstić information content (AvgIpc) is 3.36. The van der Waals surface area contributed by atoms with E-state index in [1.807, 2.05) is 18.6 Å². The van der Waals surface area contributed by atoms with Gasteiger partial charge in [0.05, 0.1) is 35.3 Å².